The summed E-state index contributed by atoms with van der Waals surface area (Å²) in [6.07, 6.45) is 0. The van der Waals surface area contributed by atoms with E-state index in [1.54, 1.807) is 25.1 Å². The molecule has 3 rings (SSSR count). The number of rotatable bonds is 13. The van der Waals surface area contributed by atoms with Gasteiger partial charge in [-0.25, -0.2) is 17.2 Å². The van der Waals surface area contributed by atoms with Crippen LogP contribution in [0.4, 0.5) is 14.5 Å². The number of halogens is 2. The van der Waals surface area contributed by atoms with E-state index in [1.807, 2.05) is 13.8 Å². The van der Waals surface area contributed by atoms with Gasteiger partial charge in [0.2, 0.25) is 11.8 Å². The Morgan fingerprint density at radius 1 is 0.927 bits per heavy atom. The topological polar surface area (TPSA) is 96.0 Å². The van der Waals surface area contributed by atoms with Crippen molar-refractivity contribution < 1.29 is 31.5 Å². The number of anilines is 1. The highest BCUT2D eigenvalue weighted by molar-refractivity contribution is 7.92. The molecule has 3 aromatic rings. The molecule has 0 unspecified atom stereocenters. The van der Waals surface area contributed by atoms with Crippen LogP contribution in [0, 0.1) is 17.6 Å². The summed E-state index contributed by atoms with van der Waals surface area (Å²) in [5.41, 5.74) is 0.312. The summed E-state index contributed by atoms with van der Waals surface area (Å²) in [4.78, 5) is 27.8. The molecule has 0 heterocycles. The molecule has 1 N–H and O–H groups in total. The van der Waals surface area contributed by atoms with E-state index in [4.69, 9.17) is 4.74 Å². The fourth-order valence-corrected chi connectivity index (χ4v) is 5.40. The molecule has 0 aliphatic heterocycles. The Labute approximate surface area is 240 Å². The Bertz CT molecular complexity index is 1430. The summed E-state index contributed by atoms with van der Waals surface area (Å²) in [6.45, 7) is 6.94. The van der Waals surface area contributed by atoms with Gasteiger partial charge in [0, 0.05) is 18.7 Å². The van der Waals surface area contributed by atoms with Crippen LogP contribution in [0.25, 0.3) is 0 Å². The number of amides is 2. The van der Waals surface area contributed by atoms with Crippen molar-refractivity contribution in [3.8, 4) is 5.75 Å². The molecule has 8 nitrogen and oxygen atoms in total. The van der Waals surface area contributed by atoms with Crippen molar-refractivity contribution in [1.29, 1.82) is 0 Å². The predicted octanol–water partition coefficient (Wildman–Crippen LogP) is 4.75. The molecule has 0 aliphatic carbocycles. The van der Waals surface area contributed by atoms with E-state index in [1.165, 1.54) is 37.3 Å². The van der Waals surface area contributed by atoms with Gasteiger partial charge in [-0.2, -0.15) is 0 Å². The van der Waals surface area contributed by atoms with E-state index in [2.05, 4.69) is 5.32 Å². The number of hydrogen-bond acceptors (Lipinski definition) is 5. The highest BCUT2D eigenvalue weighted by Crippen LogP contribution is 2.27. The highest BCUT2D eigenvalue weighted by atomic mass is 32.2. The molecule has 0 saturated carbocycles. The summed E-state index contributed by atoms with van der Waals surface area (Å²) in [6, 6.07) is 15.1. The number of carbonyl (C=O) groups is 2. The number of carbonyl (C=O) groups excluding carboxylic acids is 2. The highest BCUT2D eigenvalue weighted by Gasteiger charge is 2.33. The van der Waals surface area contributed by atoms with Crippen molar-refractivity contribution in [3.63, 3.8) is 0 Å². The lowest BCUT2D eigenvalue weighted by atomic mass is 10.1. The Balaban J connectivity index is 2.03. The van der Waals surface area contributed by atoms with Gasteiger partial charge in [-0.05, 0) is 74.4 Å². The zero-order chi connectivity index (χ0) is 30.2. The normalized spacial score (nSPS) is 12.1. The summed E-state index contributed by atoms with van der Waals surface area (Å²) < 4.78 is 62.1. The maximum absolute atomic E-state index is 14.6. The molecular formula is C30H35F2N3O5S. The maximum atomic E-state index is 14.6. The van der Waals surface area contributed by atoms with Gasteiger partial charge >= 0.3 is 0 Å². The molecule has 0 aromatic heterocycles. The Morgan fingerprint density at radius 3 is 2.15 bits per heavy atom. The van der Waals surface area contributed by atoms with Crippen molar-refractivity contribution in [2.75, 3.05) is 24.0 Å². The molecule has 0 bridgehead atoms. The summed E-state index contributed by atoms with van der Waals surface area (Å²) in [5, 5.41) is 2.77. The van der Waals surface area contributed by atoms with Gasteiger partial charge in [-0.15, -0.1) is 0 Å². The average molecular weight is 588 g/mol. The predicted molar refractivity (Wildman–Crippen MR) is 153 cm³/mol. The number of benzene rings is 3. The van der Waals surface area contributed by atoms with Crippen LogP contribution >= 0.6 is 0 Å². The molecule has 3 aromatic carbocycles. The SMILES string of the molecule is CCOc1ccc(N(CC(=O)N(Cc2ccccc2F)[C@@H](C)C(=O)NCC(C)C)S(=O)(=O)c2ccc(F)cc2)cc1. The number of nitrogens with zero attached hydrogens (tertiary/aromatic N) is 2. The van der Waals surface area contributed by atoms with Crippen LogP contribution in [-0.4, -0.2) is 50.9 Å². The Kier molecular flexibility index (Phi) is 10.8. The molecule has 2 amide bonds. The zero-order valence-electron chi connectivity index (χ0n) is 23.5. The second-order valence-corrected chi connectivity index (χ2v) is 11.7. The van der Waals surface area contributed by atoms with E-state index >= 15 is 0 Å². The standard InChI is InChI=1S/C30H35F2N3O5S/c1-5-40-26-14-12-25(13-15-26)35(41(38,39)27-16-10-24(31)11-17-27)20-29(36)34(19-23-8-6-7-9-28(23)32)22(4)30(37)33-18-21(2)3/h6-17,21-22H,5,18-20H2,1-4H3,(H,33,37)/t22-/m0/s1. The van der Waals surface area contributed by atoms with E-state index in [9.17, 15) is 26.8 Å². The van der Waals surface area contributed by atoms with Crippen molar-refractivity contribution in [1.82, 2.24) is 10.2 Å². The van der Waals surface area contributed by atoms with Crippen LogP contribution < -0.4 is 14.4 Å². The third-order valence-corrected chi connectivity index (χ3v) is 8.05. The van der Waals surface area contributed by atoms with Gasteiger partial charge in [0.05, 0.1) is 17.2 Å². The first-order valence-corrected chi connectivity index (χ1v) is 14.7. The number of hydrogen-bond donors (Lipinski definition) is 1. The van der Waals surface area contributed by atoms with Crippen LogP contribution in [-0.2, 0) is 26.2 Å². The summed E-state index contributed by atoms with van der Waals surface area (Å²) in [5.74, 6) is -1.74. The third kappa shape index (κ3) is 8.26. The van der Waals surface area contributed by atoms with E-state index in [0.29, 0.717) is 18.9 Å². The number of nitrogens with one attached hydrogen (secondary N) is 1. The quantitative estimate of drug-likeness (QED) is 0.312. The molecule has 41 heavy (non-hydrogen) atoms. The lowest BCUT2D eigenvalue weighted by Crippen LogP contribution is -2.51. The number of ether oxygens (including phenoxy) is 1. The minimum atomic E-state index is -4.37. The van der Waals surface area contributed by atoms with Gasteiger partial charge in [-0.3, -0.25) is 13.9 Å². The molecule has 0 fully saturated rings. The van der Waals surface area contributed by atoms with Crippen LogP contribution in [0.2, 0.25) is 0 Å². The van der Waals surface area contributed by atoms with Gasteiger partial charge in [-0.1, -0.05) is 32.0 Å². The van der Waals surface area contributed by atoms with Crippen LogP contribution in [0.1, 0.15) is 33.3 Å². The first-order chi connectivity index (χ1) is 19.4. The van der Waals surface area contributed by atoms with Crippen molar-refractivity contribution in [2.24, 2.45) is 5.92 Å². The molecule has 0 radical (unpaired) electrons. The fraction of sp³-hybridized carbons (Fsp3) is 0.333. The molecule has 220 valence electrons. The first-order valence-electron chi connectivity index (χ1n) is 13.3. The molecule has 0 saturated heterocycles. The largest absolute Gasteiger partial charge is 0.494 e. The molecule has 0 aliphatic rings. The van der Waals surface area contributed by atoms with E-state index < -0.39 is 46.1 Å². The Morgan fingerprint density at radius 2 is 1.56 bits per heavy atom. The van der Waals surface area contributed by atoms with Gasteiger partial charge < -0.3 is 15.0 Å². The van der Waals surface area contributed by atoms with Gasteiger partial charge in [0.25, 0.3) is 10.0 Å². The van der Waals surface area contributed by atoms with Crippen molar-refractivity contribution >= 4 is 27.5 Å². The van der Waals surface area contributed by atoms with Crippen molar-refractivity contribution in [2.45, 2.75) is 45.2 Å². The van der Waals surface area contributed by atoms with E-state index in [0.717, 1.165) is 33.5 Å². The average Bonchev–Trinajstić information content (AvgIpc) is 2.94. The third-order valence-electron chi connectivity index (χ3n) is 6.27. The Hall–Kier alpha value is -3.99. The summed E-state index contributed by atoms with van der Waals surface area (Å²) >= 11 is 0. The van der Waals surface area contributed by atoms with Crippen LogP contribution in [0.15, 0.2) is 77.7 Å². The first kappa shape index (κ1) is 31.5. The molecule has 11 heteroatoms. The van der Waals surface area contributed by atoms with Gasteiger partial charge in [0.1, 0.15) is 30.0 Å². The molecule has 0 spiro atoms. The second kappa shape index (κ2) is 14.1. The maximum Gasteiger partial charge on any atom is 0.264 e. The molecular weight excluding hydrogens is 552 g/mol. The van der Waals surface area contributed by atoms with Crippen LogP contribution in [0.3, 0.4) is 0 Å². The zero-order valence-corrected chi connectivity index (χ0v) is 24.3. The summed E-state index contributed by atoms with van der Waals surface area (Å²) in [7, 11) is -4.37. The van der Waals surface area contributed by atoms with Crippen LogP contribution in [0.5, 0.6) is 5.75 Å². The van der Waals surface area contributed by atoms with Crippen molar-refractivity contribution in [3.05, 3.63) is 90.0 Å². The minimum absolute atomic E-state index is 0.147. The lowest BCUT2D eigenvalue weighted by molar-refractivity contribution is -0.139. The number of sulfonamides is 1. The van der Waals surface area contributed by atoms with Gasteiger partial charge in [0.15, 0.2) is 0 Å². The fourth-order valence-electron chi connectivity index (χ4n) is 3.98. The molecule has 1 atom stereocenters. The van der Waals surface area contributed by atoms with E-state index in [-0.39, 0.29) is 28.6 Å². The second-order valence-electron chi connectivity index (χ2n) is 9.82. The minimum Gasteiger partial charge on any atom is -0.494 e. The monoisotopic (exact) mass is 587 g/mol. The smallest absolute Gasteiger partial charge is 0.264 e. The lowest BCUT2D eigenvalue weighted by Gasteiger charge is -2.32.